The summed E-state index contributed by atoms with van der Waals surface area (Å²) < 4.78 is 51.2. The van der Waals surface area contributed by atoms with Crippen LogP contribution in [-0.2, 0) is 28.3 Å². The molecule has 166 valence electrons. The Labute approximate surface area is 169 Å². The summed E-state index contributed by atoms with van der Waals surface area (Å²) in [5.74, 6) is -0.911. The highest BCUT2D eigenvalue weighted by atomic mass is 32.3. The first-order valence-corrected chi connectivity index (χ1v) is 12.2. The van der Waals surface area contributed by atoms with Crippen LogP contribution in [0.25, 0.3) is 0 Å². The molecule has 0 aliphatic carbocycles. The molecule has 0 spiro atoms. The van der Waals surface area contributed by atoms with Gasteiger partial charge in [-0.1, -0.05) is 84.0 Å². The number of carbonyl (C=O) groups is 1. The van der Waals surface area contributed by atoms with Crippen LogP contribution >= 0.6 is 0 Å². The van der Waals surface area contributed by atoms with Gasteiger partial charge in [0.05, 0.1) is 6.61 Å². The third-order valence-corrected chi connectivity index (χ3v) is 5.86. The van der Waals surface area contributed by atoms with E-state index in [1.807, 2.05) is 0 Å². The van der Waals surface area contributed by atoms with Crippen molar-refractivity contribution in [3.8, 4) is 0 Å². The van der Waals surface area contributed by atoms with Gasteiger partial charge in [-0.3, -0.25) is 0 Å². The van der Waals surface area contributed by atoms with E-state index in [1.165, 1.54) is 51.4 Å². The van der Waals surface area contributed by atoms with E-state index in [-0.39, 0.29) is 13.0 Å². The Balaban J connectivity index is 2.13. The lowest BCUT2D eigenvalue weighted by Gasteiger charge is -2.17. The zero-order chi connectivity index (χ0) is 20.8. The quantitative estimate of drug-likeness (QED) is 0.256. The van der Waals surface area contributed by atoms with Crippen molar-refractivity contribution < 1.29 is 30.7 Å². The fourth-order valence-corrected chi connectivity index (χ4v) is 4.36. The van der Waals surface area contributed by atoms with Crippen LogP contribution in [0.15, 0.2) is 0 Å². The molecule has 3 atom stereocenters. The zero-order valence-corrected chi connectivity index (χ0v) is 18.2. The first-order chi connectivity index (χ1) is 13.4. The van der Waals surface area contributed by atoms with Crippen molar-refractivity contribution in [1.29, 1.82) is 0 Å². The second-order valence-corrected chi connectivity index (χ2v) is 8.63. The Hall–Kier alpha value is -0.730. The van der Waals surface area contributed by atoms with Crippen LogP contribution in [0.2, 0.25) is 0 Å². The number of halogens is 1. The second-order valence-electron chi connectivity index (χ2n) is 7.43. The van der Waals surface area contributed by atoms with Gasteiger partial charge in [0.15, 0.2) is 0 Å². The number of ether oxygens (including phenoxy) is 1. The largest absolute Gasteiger partial charge is 0.464 e. The van der Waals surface area contributed by atoms with Gasteiger partial charge >= 0.3 is 16.4 Å². The number of hydrogen-bond acceptors (Lipinski definition) is 6. The monoisotopic (exact) mass is 424 g/mol. The molecule has 28 heavy (non-hydrogen) atoms. The summed E-state index contributed by atoms with van der Waals surface area (Å²) in [5, 5.41) is 0. The predicted octanol–water partition coefficient (Wildman–Crippen LogP) is 5.01. The summed E-state index contributed by atoms with van der Waals surface area (Å²) in [5.41, 5.74) is 0. The molecule has 1 fully saturated rings. The molecule has 6 nitrogen and oxygen atoms in total. The molecule has 1 aliphatic rings. The van der Waals surface area contributed by atoms with Crippen LogP contribution in [0.3, 0.4) is 0 Å². The SMILES string of the molecule is CCCCCCCCCCCCCCC(F)[C@@H]1OS(=O)(=O)O[C@H]1C(=O)OCC. The van der Waals surface area contributed by atoms with E-state index in [0.29, 0.717) is 6.42 Å². The van der Waals surface area contributed by atoms with Gasteiger partial charge in [-0.2, -0.15) is 8.42 Å². The molecule has 0 bridgehead atoms. The van der Waals surface area contributed by atoms with Crippen molar-refractivity contribution in [2.24, 2.45) is 0 Å². The molecule has 1 unspecified atom stereocenters. The highest BCUT2D eigenvalue weighted by Gasteiger charge is 2.49. The summed E-state index contributed by atoms with van der Waals surface area (Å²) in [4.78, 5) is 11.8. The number of esters is 1. The Bertz CT molecular complexity index is 525. The minimum atomic E-state index is -4.35. The molecule has 8 heteroatoms. The van der Waals surface area contributed by atoms with Crippen LogP contribution in [0.4, 0.5) is 4.39 Å². The number of hydrogen-bond donors (Lipinski definition) is 0. The lowest BCUT2D eigenvalue weighted by atomic mass is 10.0. The standard InChI is InChI=1S/C20H37FO6S/c1-3-5-6-7-8-9-10-11-12-13-14-15-16-17(21)18-19(20(22)25-4-2)27-28(23,24)26-18/h17-19H,3-16H2,1-2H3/t17?,18-,19+/m0/s1. The Morgan fingerprint density at radius 3 is 1.89 bits per heavy atom. The lowest BCUT2D eigenvalue weighted by Crippen LogP contribution is -2.39. The van der Waals surface area contributed by atoms with Crippen molar-refractivity contribution >= 4 is 16.4 Å². The van der Waals surface area contributed by atoms with Crippen LogP contribution in [0, 0.1) is 0 Å². The van der Waals surface area contributed by atoms with Crippen molar-refractivity contribution in [1.82, 2.24) is 0 Å². The molecule has 0 amide bonds. The minimum Gasteiger partial charge on any atom is -0.464 e. The first kappa shape index (κ1) is 25.3. The zero-order valence-electron chi connectivity index (χ0n) is 17.4. The van der Waals surface area contributed by atoms with Crippen LogP contribution in [0.1, 0.15) is 97.3 Å². The van der Waals surface area contributed by atoms with Gasteiger partial charge in [-0.25, -0.2) is 17.6 Å². The number of rotatable bonds is 16. The van der Waals surface area contributed by atoms with E-state index < -0.39 is 34.7 Å². The van der Waals surface area contributed by atoms with E-state index in [0.717, 1.165) is 19.3 Å². The minimum absolute atomic E-state index is 0.0567. The molecule has 0 aromatic heterocycles. The number of alkyl halides is 1. The van der Waals surface area contributed by atoms with Gasteiger partial charge < -0.3 is 4.74 Å². The van der Waals surface area contributed by atoms with Gasteiger partial charge in [0.1, 0.15) is 12.3 Å². The fourth-order valence-electron chi connectivity index (χ4n) is 3.38. The lowest BCUT2D eigenvalue weighted by molar-refractivity contribution is -0.153. The molecule has 1 heterocycles. The topological polar surface area (TPSA) is 78.9 Å². The summed E-state index contributed by atoms with van der Waals surface area (Å²) >= 11 is 0. The van der Waals surface area contributed by atoms with Crippen molar-refractivity contribution in [3.05, 3.63) is 0 Å². The number of carbonyl (C=O) groups excluding carboxylic acids is 1. The normalized spacial score (nSPS) is 22.2. The molecule has 1 rings (SSSR count). The summed E-state index contributed by atoms with van der Waals surface area (Å²) in [6.07, 6.45) is 9.54. The van der Waals surface area contributed by atoms with Crippen LogP contribution < -0.4 is 0 Å². The molecule has 0 saturated carbocycles. The fraction of sp³-hybridized carbons (Fsp3) is 0.950. The Morgan fingerprint density at radius 2 is 1.39 bits per heavy atom. The highest BCUT2D eigenvalue weighted by molar-refractivity contribution is 7.82. The molecule has 0 N–H and O–H groups in total. The smallest absolute Gasteiger partial charge is 0.401 e. The predicted molar refractivity (Wildman–Crippen MR) is 106 cm³/mol. The van der Waals surface area contributed by atoms with Crippen molar-refractivity contribution in [3.63, 3.8) is 0 Å². The Kier molecular flexibility index (Phi) is 12.9. The van der Waals surface area contributed by atoms with Crippen LogP contribution in [-0.4, -0.2) is 39.4 Å². The first-order valence-electron chi connectivity index (χ1n) is 10.8. The maximum absolute atomic E-state index is 14.4. The van der Waals surface area contributed by atoms with E-state index in [9.17, 15) is 17.6 Å². The van der Waals surface area contributed by atoms with Gasteiger partial charge in [0, 0.05) is 0 Å². The van der Waals surface area contributed by atoms with Gasteiger partial charge in [-0.05, 0) is 13.3 Å². The molecular formula is C20H37FO6S. The third kappa shape index (κ3) is 10.2. The van der Waals surface area contributed by atoms with Crippen LogP contribution in [0.5, 0.6) is 0 Å². The maximum atomic E-state index is 14.4. The van der Waals surface area contributed by atoms with E-state index >= 15 is 0 Å². The van der Waals surface area contributed by atoms with Crippen molar-refractivity contribution in [2.45, 2.75) is 116 Å². The highest BCUT2D eigenvalue weighted by Crippen LogP contribution is 2.28. The van der Waals surface area contributed by atoms with E-state index in [2.05, 4.69) is 15.3 Å². The summed E-state index contributed by atoms with van der Waals surface area (Å²) in [7, 11) is -4.35. The molecule has 1 aliphatic heterocycles. The second kappa shape index (κ2) is 14.3. The maximum Gasteiger partial charge on any atom is 0.401 e. The van der Waals surface area contributed by atoms with Crippen molar-refractivity contribution in [2.75, 3.05) is 6.61 Å². The third-order valence-electron chi connectivity index (χ3n) is 4.96. The van der Waals surface area contributed by atoms with Gasteiger partial charge in [0.25, 0.3) is 0 Å². The van der Waals surface area contributed by atoms with Gasteiger partial charge in [-0.15, -0.1) is 0 Å². The molecular weight excluding hydrogens is 387 g/mol. The van der Waals surface area contributed by atoms with Gasteiger partial charge in [0.2, 0.25) is 6.10 Å². The average Bonchev–Trinajstić information content (AvgIpc) is 2.98. The molecule has 0 aromatic carbocycles. The average molecular weight is 425 g/mol. The van der Waals surface area contributed by atoms with E-state index in [4.69, 9.17) is 4.74 Å². The molecule has 0 aromatic rings. The van der Waals surface area contributed by atoms with E-state index in [1.54, 1.807) is 6.92 Å². The molecule has 1 saturated heterocycles. The Morgan fingerprint density at radius 1 is 0.893 bits per heavy atom. The molecule has 0 radical (unpaired) electrons. The summed E-state index contributed by atoms with van der Waals surface area (Å²) in [6, 6.07) is 0. The summed E-state index contributed by atoms with van der Waals surface area (Å²) in [6.45, 7) is 3.86. The number of unbranched alkanes of at least 4 members (excludes halogenated alkanes) is 11.